The number of aromatic nitrogens is 3. The van der Waals surface area contributed by atoms with Gasteiger partial charge in [0.15, 0.2) is 0 Å². The monoisotopic (exact) mass is 430 g/mol. The van der Waals surface area contributed by atoms with Crippen molar-refractivity contribution in [3.8, 4) is 0 Å². The number of allylic oxidation sites excluding steroid dienone is 4. The zero-order valence-electron chi connectivity index (χ0n) is 16.8. The van der Waals surface area contributed by atoms with Crippen LogP contribution in [0.2, 0.25) is 0 Å². The summed E-state index contributed by atoms with van der Waals surface area (Å²) >= 11 is 0. The molecule has 8 heteroatoms. The van der Waals surface area contributed by atoms with Gasteiger partial charge < -0.3 is 9.55 Å². The highest BCUT2D eigenvalue weighted by Gasteiger charge is 2.41. The molecule has 1 saturated carbocycles. The zero-order chi connectivity index (χ0) is 21.6. The van der Waals surface area contributed by atoms with Gasteiger partial charge in [-0.05, 0) is 61.5 Å². The quantitative estimate of drug-likeness (QED) is 0.651. The molecule has 3 aliphatic rings. The Labute approximate surface area is 176 Å². The summed E-state index contributed by atoms with van der Waals surface area (Å²) in [5.41, 5.74) is 2.90. The van der Waals surface area contributed by atoms with E-state index in [1.807, 2.05) is 23.0 Å². The molecule has 1 fully saturated rings. The molecular formula is C23H22F4N4. The molecular weight excluding hydrogens is 408 g/mol. The number of H-pyrrole nitrogens is 1. The fourth-order valence-corrected chi connectivity index (χ4v) is 4.83. The van der Waals surface area contributed by atoms with Gasteiger partial charge >= 0.3 is 6.18 Å². The maximum atomic E-state index is 13.5. The molecule has 3 heterocycles. The summed E-state index contributed by atoms with van der Waals surface area (Å²) in [7, 11) is 0. The van der Waals surface area contributed by atoms with E-state index in [9.17, 15) is 17.6 Å². The van der Waals surface area contributed by atoms with Crippen LogP contribution in [0.1, 0.15) is 50.1 Å². The van der Waals surface area contributed by atoms with Crippen LogP contribution in [0.3, 0.4) is 0 Å². The molecule has 0 amide bonds. The highest BCUT2D eigenvalue weighted by atomic mass is 19.4. The van der Waals surface area contributed by atoms with Crippen LogP contribution in [0.5, 0.6) is 0 Å². The summed E-state index contributed by atoms with van der Waals surface area (Å²) in [5.74, 6) is -0.749. The lowest BCUT2D eigenvalue weighted by Gasteiger charge is -2.31. The van der Waals surface area contributed by atoms with Gasteiger partial charge in [-0.15, -0.1) is 0 Å². The van der Waals surface area contributed by atoms with Gasteiger partial charge in [0.2, 0.25) is 0 Å². The van der Waals surface area contributed by atoms with Gasteiger partial charge in [0.05, 0.1) is 22.9 Å². The van der Waals surface area contributed by atoms with Gasteiger partial charge in [0.1, 0.15) is 11.6 Å². The number of aromatic amines is 1. The normalized spacial score (nSPS) is 27.3. The van der Waals surface area contributed by atoms with E-state index in [1.54, 1.807) is 12.4 Å². The van der Waals surface area contributed by atoms with Crippen molar-refractivity contribution in [2.24, 2.45) is 10.9 Å². The molecule has 4 nitrogen and oxygen atoms in total. The fourth-order valence-electron chi connectivity index (χ4n) is 4.83. The minimum absolute atomic E-state index is 0.0518. The van der Waals surface area contributed by atoms with Crippen molar-refractivity contribution in [3.05, 3.63) is 58.9 Å². The van der Waals surface area contributed by atoms with Gasteiger partial charge in [-0.2, -0.15) is 13.2 Å². The lowest BCUT2D eigenvalue weighted by atomic mass is 9.85. The van der Waals surface area contributed by atoms with Crippen LogP contribution in [0.4, 0.5) is 23.4 Å². The van der Waals surface area contributed by atoms with Crippen molar-refractivity contribution in [3.63, 3.8) is 0 Å². The number of hydrogen-bond donors (Lipinski definition) is 1. The first-order valence-electron chi connectivity index (χ1n) is 10.5. The molecule has 2 aliphatic carbocycles. The van der Waals surface area contributed by atoms with Crippen LogP contribution >= 0.6 is 0 Å². The number of nitrogens with zero attached hydrogens (tertiary/aromatic N) is 3. The predicted molar refractivity (Wildman–Crippen MR) is 111 cm³/mol. The number of hydrogen-bond acceptors (Lipinski definition) is 2. The lowest BCUT2D eigenvalue weighted by molar-refractivity contribution is -0.183. The van der Waals surface area contributed by atoms with E-state index in [0.717, 1.165) is 33.2 Å². The first kappa shape index (κ1) is 20.0. The molecule has 2 aromatic rings. The second-order valence-electron chi connectivity index (χ2n) is 8.28. The van der Waals surface area contributed by atoms with Crippen molar-refractivity contribution >= 4 is 23.2 Å². The van der Waals surface area contributed by atoms with Crippen molar-refractivity contribution in [2.75, 3.05) is 0 Å². The van der Waals surface area contributed by atoms with Gasteiger partial charge in [-0.25, -0.2) is 14.4 Å². The van der Waals surface area contributed by atoms with Crippen LogP contribution in [-0.4, -0.2) is 26.9 Å². The van der Waals surface area contributed by atoms with E-state index in [1.165, 1.54) is 12.2 Å². The molecule has 1 aliphatic heterocycles. The van der Waals surface area contributed by atoms with Gasteiger partial charge in [0.25, 0.3) is 0 Å². The van der Waals surface area contributed by atoms with Crippen molar-refractivity contribution in [1.29, 1.82) is 0 Å². The topological polar surface area (TPSA) is 46.0 Å². The maximum absolute atomic E-state index is 13.5. The summed E-state index contributed by atoms with van der Waals surface area (Å²) in [6, 6.07) is 1.91. The standard InChI is InChI=1S/C23H22F4N4/c24-16-5-1-14(2-6-16)20-21(18-9-11-28-22-19(18)10-12-29-22)31(13-30-20)17-7-3-15(4-8-17)23(25,26)27/h1,5-6,10-13,15,17,29H,2-4,7-9H2. The SMILES string of the molecule is FC1=CCC(=c2ncn(C3CCC(C(F)(F)F)CC3)c2=C2CC=Nc3[nH]ccc32)C=C1. The summed E-state index contributed by atoms with van der Waals surface area (Å²) in [6.07, 6.45) is 8.11. The Morgan fingerprint density at radius 2 is 1.87 bits per heavy atom. The third-order valence-electron chi connectivity index (χ3n) is 6.46. The molecule has 5 rings (SSSR count). The van der Waals surface area contributed by atoms with Crippen LogP contribution in [0, 0.1) is 5.92 Å². The Kier molecular flexibility index (Phi) is 4.95. The number of aliphatic imine (C=N–C) groups is 1. The Bertz CT molecular complexity index is 1200. The van der Waals surface area contributed by atoms with Crippen LogP contribution in [0.15, 0.2) is 47.6 Å². The summed E-state index contributed by atoms with van der Waals surface area (Å²) in [5, 5.41) is 1.66. The number of alkyl halides is 3. The molecule has 0 atom stereocenters. The predicted octanol–water partition coefficient (Wildman–Crippen LogP) is 4.77. The molecule has 0 saturated heterocycles. The van der Waals surface area contributed by atoms with Crippen molar-refractivity contribution in [2.45, 2.75) is 50.7 Å². The molecule has 1 N–H and O–H groups in total. The van der Waals surface area contributed by atoms with E-state index >= 15 is 0 Å². The molecule has 31 heavy (non-hydrogen) atoms. The van der Waals surface area contributed by atoms with E-state index < -0.39 is 12.1 Å². The summed E-state index contributed by atoms with van der Waals surface area (Å²) in [6.45, 7) is 0. The second kappa shape index (κ2) is 7.66. The Balaban J connectivity index is 1.66. The highest BCUT2D eigenvalue weighted by Crippen LogP contribution is 2.40. The van der Waals surface area contributed by atoms with Gasteiger partial charge in [0, 0.05) is 30.4 Å². The molecule has 0 radical (unpaired) electrons. The van der Waals surface area contributed by atoms with E-state index in [0.29, 0.717) is 25.7 Å². The average molecular weight is 430 g/mol. The number of nitrogens with one attached hydrogen (secondary N) is 1. The summed E-state index contributed by atoms with van der Waals surface area (Å²) < 4.78 is 55.1. The molecule has 0 unspecified atom stereocenters. The fraction of sp³-hybridized carbons (Fsp3) is 0.391. The molecule has 2 aromatic heterocycles. The third kappa shape index (κ3) is 3.68. The lowest BCUT2D eigenvalue weighted by Crippen LogP contribution is -2.38. The highest BCUT2D eigenvalue weighted by molar-refractivity contribution is 5.88. The van der Waals surface area contributed by atoms with E-state index in [-0.39, 0.29) is 24.7 Å². The summed E-state index contributed by atoms with van der Waals surface area (Å²) in [4.78, 5) is 12.2. The number of rotatable bonds is 1. The molecule has 162 valence electrons. The first-order valence-corrected chi connectivity index (χ1v) is 10.5. The molecule has 0 bridgehead atoms. The molecule has 0 spiro atoms. The van der Waals surface area contributed by atoms with E-state index in [2.05, 4.69) is 15.0 Å². The molecule has 0 aromatic carbocycles. The maximum Gasteiger partial charge on any atom is 0.391 e. The van der Waals surface area contributed by atoms with Crippen LogP contribution in [0.25, 0.3) is 11.1 Å². The van der Waals surface area contributed by atoms with Gasteiger partial charge in [-0.3, -0.25) is 0 Å². The third-order valence-corrected chi connectivity index (χ3v) is 6.46. The Morgan fingerprint density at radius 1 is 1.06 bits per heavy atom. The zero-order valence-corrected chi connectivity index (χ0v) is 16.8. The number of fused-ring (bicyclic) bond motifs is 1. The number of imidazole rings is 1. The van der Waals surface area contributed by atoms with Crippen molar-refractivity contribution in [1.82, 2.24) is 14.5 Å². The smallest absolute Gasteiger partial charge is 0.346 e. The van der Waals surface area contributed by atoms with Crippen LogP contribution in [-0.2, 0) is 0 Å². The van der Waals surface area contributed by atoms with Crippen LogP contribution < -0.4 is 10.7 Å². The minimum Gasteiger partial charge on any atom is -0.346 e. The van der Waals surface area contributed by atoms with Crippen molar-refractivity contribution < 1.29 is 17.6 Å². The second-order valence-corrected chi connectivity index (χ2v) is 8.28. The largest absolute Gasteiger partial charge is 0.391 e. The van der Waals surface area contributed by atoms with E-state index in [4.69, 9.17) is 0 Å². The Hall–Kier alpha value is -2.90. The average Bonchev–Trinajstić information content (AvgIpc) is 3.41. The first-order chi connectivity index (χ1) is 14.9. The number of halogens is 4. The Morgan fingerprint density at radius 3 is 2.58 bits per heavy atom. The van der Waals surface area contributed by atoms with Gasteiger partial charge in [-0.1, -0.05) is 6.08 Å². The minimum atomic E-state index is -4.14.